The van der Waals surface area contributed by atoms with Crippen molar-refractivity contribution in [3.8, 4) is 11.3 Å². The highest BCUT2D eigenvalue weighted by atomic mass is 35.5. The topological polar surface area (TPSA) is 62.3 Å². The van der Waals surface area contributed by atoms with Crippen molar-refractivity contribution in [3.63, 3.8) is 0 Å². The molecule has 0 saturated heterocycles. The van der Waals surface area contributed by atoms with Crippen LogP contribution in [-0.2, 0) is 15.0 Å². The molecule has 0 fully saturated rings. The number of benzene rings is 1. The molecular weight excluding hydrogens is 346 g/mol. The maximum Gasteiger partial charge on any atom is 0.243 e. The van der Waals surface area contributed by atoms with Crippen LogP contribution in [0.4, 0.5) is 10.8 Å². The Hall–Kier alpha value is -1.92. The number of fused-ring (bicyclic) bond motifs is 1. The van der Waals surface area contributed by atoms with Crippen LogP contribution in [0.5, 0.6) is 0 Å². The van der Waals surface area contributed by atoms with Gasteiger partial charge in [-0.1, -0.05) is 6.07 Å². The molecule has 1 N–H and O–H groups in total. The van der Waals surface area contributed by atoms with Gasteiger partial charge in [0.1, 0.15) is 5.38 Å². The number of likely N-dealkylation sites (N-methyl/N-ethyl adjacent to an activating group) is 1. The van der Waals surface area contributed by atoms with Crippen LogP contribution >= 0.6 is 22.9 Å². The summed E-state index contributed by atoms with van der Waals surface area (Å²) < 4.78 is 0. The molecule has 1 aliphatic rings. The first-order valence-corrected chi connectivity index (χ1v) is 8.87. The standard InChI is InChI=1S/C17H18ClN3O2S/c1-9(18)14(22)20-16-19-12(8-24-16)10-5-6-13-11(7-10)17(2,3)15(23)21(13)4/h5-9H,1-4H3,(H,19,20,22). The second-order valence-electron chi connectivity index (χ2n) is 6.36. The second-order valence-corrected chi connectivity index (χ2v) is 7.88. The highest BCUT2D eigenvalue weighted by Crippen LogP contribution is 2.42. The Morgan fingerprint density at radius 3 is 2.79 bits per heavy atom. The van der Waals surface area contributed by atoms with Crippen LogP contribution in [0, 0.1) is 0 Å². The molecule has 1 aromatic heterocycles. The Kier molecular flexibility index (Phi) is 4.13. The SMILES string of the molecule is CC(Cl)C(=O)Nc1nc(-c2ccc3c(c2)C(C)(C)C(=O)N3C)cs1. The van der Waals surface area contributed by atoms with Crippen LogP contribution in [-0.4, -0.2) is 29.2 Å². The van der Waals surface area contributed by atoms with Crippen molar-refractivity contribution >= 4 is 45.6 Å². The number of halogens is 1. The van der Waals surface area contributed by atoms with Crippen molar-refractivity contribution in [2.75, 3.05) is 17.3 Å². The van der Waals surface area contributed by atoms with Gasteiger partial charge in [-0.05, 0) is 38.5 Å². The largest absolute Gasteiger partial charge is 0.314 e. The first kappa shape index (κ1) is 16.9. The molecule has 3 rings (SSSR count). The van der Waals surface area contributed by atoms with Gasteiger partial charge < -0.3 is 10.2 Å². The molecule has 2 aromatic rings. The van der Waals surface area contributed by atoms with E-state index >= 15 is 0 Å². The highest BCUT2D eigenvalue weighted by molar-refractivity contribution is 7.14. The van der Waals surface area contributed by atoms with Gasteiger partial charge >= 0.3 is 0 Å². The minimum atomic E-state index is -0.611. The summed E-state index contributed by atoms with van der Waals surface area (Å²) in [4.78, 5) is 30.2. The molecule has 2 amide bonds. The summed E-state index contributed by atoms with van der Waals surface area (Å²) in [7, 11) is 1.79. The average molecular weight is 364 g/mol. The maximum atomic E-state index is 12.4. The molecule has 1 aromatic carbocycles. The number of amides is 2. The van der Waals surface area contributed by atoms with Gasteiger partial charge in [-0.15, -0.1) is 22.9 Å². The second kappa shape index (κ2) is 5.86. The summed E-state index contributed by atoms with van der Waals surface area (Å²) in [5.41, 5.74) is 3.04. The van der Waals surface area contributed by atoms with Crippen LogP contribution < -0.4 is 10.2 Å². The number of nitrogens with one attached hydrogen (secondary N) is 1. The van der Waals surface area contributed by atoms with Crippen molar-refractivity contribution in [2.24, 2.45) is 0 Å². The normalized spacial score (nSPS) is 16.9. The van der Waals surface area contributed by atoms with Gasteiger partial charge in [0.05, 0.1) is 11.1 Å². The number of aromatic nitrogens is 1. The molecule has 7 heteroatoms. The van der Waals surface area contributed by atoms with Gasteiger partial charge in [-0.2, -0.15) is 0 Å². The van der Waals surface area contributed by atoms with Crippen LogP contribution in [0.2, 0.25) is 0 Å². The van der Waals surface area contributed by atoms with E-state index in [2.05, 4.69) is 10.3 Å². The lowest BCUT2D eigenvalue weighted by molar-refractivity contribution is -0.121. The van der Waals surface area contributed by atoms with Gasteiger partial charge in [0.2, 0.25) is 11.8 Å². The third kappa shape index (κ3) is 2.70. The summed E-state index contributed by atoms with van der Waals surface area (Å²) in [6, 6.07) is 5.88. The summed E-state index contributed by atoms with van der Waals surface area (Å²) in [6.07, 6.45) is 0. The zero-order chi connectivity index (χ0) is 17.6. The number of rotatable bonds is 3. The minimum absolute atomic E-state index is 0.0805. The monoisotopic (exact) mass is 363 g/mol. The molecule has 1 atom stereocenters. The summed E-state index contributed by atoms with van der Waals surface area (Å²) in [6.45, 7) is 5.47. The Bertz CT molecular complexity index is 829. The molecule has 24 heavy (non-hydrogen) atoms. The molecule has 126 valence electrons. The van der Waals surface area contributed by atoms with E-state index in [1.165, 1.54) is 11.3 Å². The van der Waals surface area contributed by atoms with Crippen molar-refractivity contribution in [1.29, 1.82) is 0 Å². The Morgan fingerprint density at radius 2 is 2.12 bits per heavy atom. The van der Waals surface area contributed by atoms with E-state index in [1.54, 1.807) is 18.9 Å². The number of alkyl halides is 1. The van der Waals surface area contributed by atoms with E-state index in [-0.39, 0.29) is 11.8 Å². The molecule has 0 saturated carbocycles. The molecule has 5 nitrogen and oxygen atoms in total. The fourth-order valence-electron chi connectivity index (χ4n) is 2.80. The van der Waals surface area contributed by atoms with Crippen LogP contribution in [0.1, 0.15) is 26.3 Å². The maximum absolute atomic E-state index is 12.4. The number of hydrogen-bond donors (Lipinski definition) is 1. The lowest BCUT2D eigenvalue weighted by Gasteiger charge is -2.16. The number of nitrogens with zero attached hydrogens (tertiary/aromatic N) is 2. The predicted octanol–water partition coefficient (Wildman–Crippen LogP) is 3.63. The molecule has 2 heterocycles. The van der Waals surface area contributed by atoms with Crippen LogP contribution in [0.25, 0.3) is 11.3 Å². The van der Waals surface area contributed by atoms with Crippen molar-refractivity contribution in [2.45, 2.75) is 31.6 Å². The van der Waals surface area contributed by atoms with E-state index in [0.717, 1.165) is 22.5 Å². The number of carbonyl (C=O) groups is 2. The number of carbonyl (C=O) groups excluding carboxylic acids is 2. The summed E-state index contributed by atoms with van der Waals surface area (Å²) in [5, 5.41) is 4.47. The summed E-state index contributed by atoms with van der Waals surface area (Å²) >= 11 is 7.10. The quantitative estimate of drug-likeness (QED) is 0.847. The lowest BCUT2D eigenvalue weighted by Crippen LogP contribution is -2.33. The van der Waals surface area contributed by atoms with Gasteiger partial charge in [-0.25, -0.2) is 4.98 Å². The summed E-state index contributed by atoms with van der Waals surface area (Å²) in [5.74, 6) is -0.197. The van der Waals surface area contributed by atoms with Crippen molar-refractivity contribution < 1.29 is 9.59 Å². The van der Waals surface area contributed by atoms with E-state index < -0.39 is 10.8 Å². The fraction of sp³-hybridized carbons (Fsp3) is 0.353. The smallest absolute Gasteiger partial charge is 0.243 e. The predicted molar refractivity (Wildman–Crippen MR) is 97.9 cm³/mol. The molecule has 1 unspecified atom stereocenters. The van der Waals surface area contributed by atoms with Crippen molar-refractivity contribution in [1.82, 2.24) is 4.98 Å². The van der Waals surface area contributed by atoms with Gasteiger partial charge in [-0.3, -0.25) is 9.59 Å². The van der Waals surface area contributed by atoms with E-state index in [0.29, 0.717) is 5.13 Å². The third-order valence-corrected chi connectivity index (χ3v) is 5.22. The third-order valence-electron chi connectivity index (χ3n) is 4.26. The molecule has 0 radical (unpaired) electrons. The van der Waals surface area contributed by atoms with Gasteiger partial charge in [0, 0.05) is 23.7 Å². The Labute approximate surface area is 149 Å². The molecule has 1 aliphatic heterocycles. The van der Waals surface area contributed by atoms with Crippen LogP contribution in [0.3, 0.4) is 0 Å². The number of thiazole rings is 1. The fourth-order valence-corrected chi connectivity index (χ4v) is 3.58. The molecule has 0 aliphatic carbocycles. The lowest BCUT2D eigenvalue weighted by atomic mass is 9.85. The average Bonchev–Trinajstić information content (AvgIpc) is 3.06. The Balaban J connectivity index is 1.93. The number of anilines is 2. The first-order valence-electron chi connectivity index (χ1n) is 7.55. The highest BCUT2D eigenvalue weighted by Gasteiger charge is 2.42. The number of hydrogen-bond acceptors (Lipinski definition) is 4. The van der Waals surface area contributed by atoms with Crippen molar-refractivity contribution in [3.05, 3.63) is 29.1 Å². The van der Waals surface area contributed by atoms with Gasteiger partial charge in [0.25, 0.3) is 0 Å². The first-order chi connectivity index (χ1) is 11.2. The van der Waals surface area contributed by atoms with Gasteiger partial charge in [0.15, 0.2) is 5.13 Å². The zero-order valence-corrected chi connectivity index (χ0v) is 15.5. The molecular formula is C17H18ClN3O2S. The van der Waals surface area contributed by atoms with E-state index in [9.17, 15) is 9.59 Å². The molecule has 0 bridgehead atoms. The van der Waals surface area contributed by atoms with E-state index in [1.807, 2.05) is 37.4 Å². The Morgan fingerprint density at radius 1 is 1.42 bits per heavy atom. The molecule has 0 spiro atoms. The minimum Gasteiger partial charge on any atom is -0.314 e. The zero-order valence-electron chi connectivity index (χ0n) is 13.9. The van der Waals surface area contributed by atoms with Crippen LogP contribution in [0.15, 0.2) is 23.6 Å². The van der Waals surface area contributed by atoms with E-state index in [4.69, 9.17) is 11.6 Å².